The minimum absolute atomic E-state index is 0.0306. The minimum atomic E-state index is -0.245. The summed E-state index contributed by atoms with van der Waals surface area (Å²) in [5.41, 5.74) is 0.768. The molecule has 0 heterocycles. The Hall–Kier alpha value is -2.43. The molecule has 0 bridgehead atoms. The van der Waals surface area contributed by atoms with Crippen molar-refractivity contribution in [3.8, 4) is 23.0 Å². The number of benzene rings is 2. The third kappa shape index (κ3) is 4.81. The molecule has 26 heavy (non-hydrogen) atoms. The van der Waals surface area contributed by atoms with E-state index in [4.69, 9.17) is 26.5 Å². The summed E-state index contributed by atoms with van der Waals surface area (Å²) in [6.07, 6.45) is 0. The number of rotatable bonds is 10. The molecule has 0 unspecified atom stereocenters. The van der Waals surface area contributed by atoms with Crippen molar-refractivity contribution in [2.75, 3.05) is 6.51 Å². The van der Waals surface area contributed by atoms with Gasteiger partial charge >= 0.3 is 22.4 Å². The number of carbonyl (C=O) groups is 1. The van der Waals surface area contributed by atoms with Crippen LogP contribution in [0.2, 0.25) is 20.5 Å². The van der Waals surface area contributed by atoms with Gasteiger partial charge in [0.15, 0.2) is 5.78 Å². The molecule has 0 aliphatic heterocycles. The Morgan fingerprint density at radius 2 is 1.35 bits per heavy atom. The van der Waals surface area contributed by atoms with E-state index in [0.29, 0.717) is 34.1 Å². The van der Waals surface area contributed by atoms with Gasteiger partial charge in [0.2, 0.25) is 0 Å². The second-order valence-electron chi connectivity index (χ2n) is 5.02. The first-order valence-electron chi connectivity index (χ1n) is 8.13. The summed E-state index contributed by atoms with van der Waals surface area (Å²) in [7, 11) is 9.93. The highest BCUT2D eigenvalue weighted by Gasteiger charge is 2.20. The lowest BCUT2D eigenvalue weighted by molar-refractivity contribution is 0.103. The van der Waals surface area contributed by atoms with E-state index in [9.17, 15) is 4.79 Å². The fourth-order valence-electron chi connectivity index (χ4n) is 2.37. The van der Waals surface area contributed by atoms with Crippen LogP contribution in [0.5, 0.6) is 23.0 Å². The van der Waals surface area contributed by atoms with Crippen LogP contribution >= 0.6 is 0 Å². The smallest absolute Gasteiger partial charge is 0.366 e. The molecule has 0 N–H and O–H groups in total. The van der Waals surface area contributed by atoms with Crippen molar-refractivity contribution in [1.29, 1.82) is 0 Å². The van der Waals surface area contributed by atoms with Gasteiger partial charge in [-0.1, -0.05) is 20.5 Å². The standard InChI is InChI=1S/C17H17B4O5/c1-19-24-12-5-7-14(16(9-12)26-21-3)17(22)13-6-4-11(23-10-18)8-15(13)25-20-2/h4-9H,10H2,1-3H3. The molecule has 5 nitrogen and oxygen atoms in total. The second-order valence-corrected chi connectivity index (χ2v) is 5.02. The van der Waals surface area contributed by atoms with E-state index in [0.717, 1.165) is 0 Å². The van der Waals surface area contributed by atoms with Gasteiger partial charge in [-0.25, -0.2) is 0 Å². The van der Waals surface area contributed by atoms with E-state index < -0.39 is 0 Å². The van der Waals surface area contributed by atoms with Gasteiger partial charge in [-0.15, -0.1) is 0 Å². The average Bonchev–Trinajstić information content (AvgIpc) is 2.63. The number of ether oxygens (including phenoxy) is 1. The molecule has 2 aromatic rings. The van der Waals surface area contributed by atoms with Crippen molar-refractivity contribution in [3.63, 3.8) is 0 Å². The Morgan fingerprint density at radius 3 is 1.85 bits per heavy atom. The van der Waals surface area contributed by atoms with Crippen LogP contribution in [0.15, 0.2) is 36.4 Å². The van der Waals surface area contributed by atoms with E-state index in [1.54, 1.807) is 64.3 Å². The van der Waals surface area contributed by atoms with Crippen LogP contribution in [0.25, 0.3) is 0 Å². The fourth-order valence-corrected chi connectivity index (χ4v) is 2.37. The molecular weight excluding hydrogens is 327 g/mol. The quantitative estimate of drug-likeness (QED) is 0.490. The molecule has 0 atom stereocenters. The van der Waals surface area contributed by atoms with Gasteiger partial charge in [-0.2, -0.15) is 0 Å². The van der Waals surface area contributed by atoms with Crippen LogP contribution in [-0.2, 0) is 0 Å². The van der Waals surface area contributed by atoms with Gasteiger partial charge in [-0.05, 0) is 24.3 Å². The largest absolute Gasteiger partial charge is 0.563 e. The van der Waals surface area contributed by atoms with Crippen molar-refractivity contribution in [1.82, 2.24) is 0 Å². The Bertz CT molecular complexity index is 692. The van der Waals surface area contributed by atoms with Crippen molar-refractivity contribution in [2.24, 2.45) is 0 Å². The Morgan fingerprint density at radius 1 is 0.846 bits per heavy atom. The molecule has 0 aliphatic carbocycles. The third-order valence-corrected chi connectivity index (χ3v) is 3.39. The van der Waals surface area contributed by atoms with Crippen LogP contribution in [0.4, 0.5) is 0 Å². The zero-order chi connectivity index (χ0) is 18.9. The normalized spacial score (nSPS) is 9.81. The molecule has 0 amide bonds. The van der Waals surface area contributed by atoms with Gasteiger partial charge in [0.05, 0.1) is 11.1 Å². The molecule has 0 aromatic heterocycles. The summed E-state index contributed by atoms with van der Waals surface area (Å²) in [5, 5.41) is 0. The van der Waals surface area contributed by atoms with E-state index in [1.165, 1.54) is 15.0 Å². The molecule has 127 valence electrons. The minimum Gasteiger partial charge on any atom is -0.563 e. The maximum Gasteiger partial charge on any atom is 0.366 e. The summed E-state index contributed by atoms with van der Waals surface area (Å²) in [4.78, 5) is 13.1. The van der Waals surface area contributed by atoms with E-state index in [-0.39, 0.29) is 12.3 Å². The summed E-state index contributed by atoms with van der Waals surface area (Å²) in [5.74, 6) is 1.61. The lowest BCUT2D eigenvalue weighted by Crippen LogP contribution is -2.10. The molecule has 0 saturated heterocycles. The monoisotopic (exact) mass is 345 g/mol. The molecule has 0 fully saturated rings. The predicted molar refractivity (Wildman–Crippen MR) is 104 cm³/mol. The molecule has 0 spiro atoms. The summed E-state index contributed by atoms with van der Waals surface area (Å²) in [6, 6.07) is 9.94. The second kappa shape index (κ2) is 9.90. The Labute approximate surface area is 157 Å². The molecule has 0 saturated carbocycles. The zero-order valence-corrected chi connectivity index (χ0v) is 15.0. The Kier molecular flexibility index (Phi) is 7.57. The van der Waals surface area contributed by atoms with Crippen LogP contribution in [0.1, 0.15) is 15.9 Å². The third-order valence-electron chi connectivity index (χ3n) is 3.39. The first kappa shape index (κ1) is 19.9. The average molecular weight is 345 g/mol. The number of ketones is 1. The molecular formula is C17H17B4O5. The van der Waals surface area contributed by atoms with Crippen LogP contribution < -0.4 is 18.7 Å². The van der Waals surface area contributed by atoms with E-state index in [1.807, 2.05) is 0 Å². The van der Waals surface area contributed by atoms with Gasteiger partial charge in [0.25, 0.3) is 0 Å². The molecule has 0 aliphatic rings. The highest BCUT2D eigenvalue weighted by Crippen LogP contribution is 2.31. The summed E-state index contributed by atoms with van der Waals surface area (Å²) < 4.78 is 21.6. The van der Waals surface area contributed by atoms with Crippen LogP contribution in [-0.4, -0.2) is 42.6 Å². The molecule has 9 heteroatoms. The van der Waals surface area contributed by atoms with Crippen LogP contribution in [0, 0.1) is 0 Å². The lowest BCUT2D eigenvalue weighted by Gasteiger charge is -2.15. The lowest BCUT2D eigenvalue weighted by atomic mass is 9.98. The van der Waals surface area contributed by atoms with Crippen molar-refractivity contribution >= 4 is 36.1 Å². The van der Waals surface area contributed by atoms with Crippen molar-refractivity contribution in [2.45, 2.75) is 20.5 Å². The molecule has 5 radical (unpaired) electrons. The van der Waals surface area contributed by atoms with E-state index >= 15 is 0 Å². The maximum atomic E-state index is 13.1. The first-order chi connectivity index (χ1) is 12.6. The van der Waals surface area contributed by atoms with Gasteiger partial charge in [0, 0.05) is 18.6 Å². The summed E-state index contributed by atoms with van der Waals surface area (Å²) >= 11 is 0. The van der Waals surface area contributed by atoms with Crippen molar-refractivity contribution in [3.05, 3.63) is 47.5 Å². The predicted octanol–water partition coefficient (Wildman–Crippen LogP) is 2.56. The van der Waals surface area contributed by atoms with E-state index in [2.05, 4.69) is 0 Å². The van der Waals surface area contributed by atoms with Gasteiger partial charge < -0.3 is 18.7 Å². The highest BCUT2D eigenvalue weighted by molar-refractivity contribution is 6.28. The molecule has 2 aromatic carbocycles. The highest BCUT2D eigenvalue weighted by atomic mass is 16.5. The molecule has 2 rings (SSSR count). The number of carbonyl (C=O) groups excluding carboxylic acids is 1. The van der Waals surface area contributed by atoms with Crippen LogP contribution in [0.3, 0.4) is 0 Å². The topological polar surface area (TPSA) is 54.0 Å². The Balaban J connectivity index is 2.44. The zero-order valence-electron chi connectivity index (χ0n) is 15.0. The SMILES string of the molecule is [B]COc1ccc(C(=O)c2ccc(O[B]C)cc2O[B]C)c(O[B]C)c1. The number of hydrogen-bond acceptors (Lipinski definition) is 5. The van der Waals surface area contributed by atoms with Gasteiger partial charge in [-0.3, -0.25) is 4.79 Å². The fraction of sp³-hybridized carbons (Fsp3) is 0.235. The number of hydrogen-bond donors (Lipinski definition) is 0. The maximum absolute atomic E-state index is 13.1. The van der Waals surface area contributed by atoms with Crippen molar-refractivity contribution < 1.29 is 23.5 Å². The first-order valence-corrected chi connectivity index (χ1v) is 8.13. The van der Waals surface area contributed by atoms with Gasteiger partial charge in [0.1, 0.15) is 30.8 Å². The summed E-state index contributed by atoms with van der Waals surface area (Å²) in [6.45, 7) is 5.25.